The lowest BCUT2D eigenvalue weighted by atomic mass is 10.1. The van der Waals surface area contributed by atoms with Gasteiger partial charge in [-0.25, -0.2) is 4.98 Å². The van der Waals surface area contributed by atoms with E-state index in [1.165, 1.54) is 0 Å². The summed E-state index contributed by atoms with van der Waals surface area (Å²) in [7, 11) is 1.66. The molecule has 0 atom stereocenters. The van der Waals surface area contributed by atoms with Gasteiger partial charge in [0.15, 0.2) is 0 Å². The van der Waals surface area contributed by atoms with E-state index in [0.717, 1.165) is 21.5 Å². The van der Waals surface area contributed by atoms with Crippen molar-refractivity contribution in [2.75, 3.05) is 19.5 Å². The molecular weight excluding hydrogens is 222 g/mol. The lowest BCUT2D eigenvalue weighted by molar-refractivity contribution is 0.322. The van der Waals surface area contributed by atoms with Crippen molar-refractivity contribution in [1.82, 2.24) is 4.98 Å². The number of benzene rings is 1. The number of thioether (sulfide) groups is 1. The highest BCUT2D eigenvalue weighted by molar-refractivity contribution is 7.99. The smallest absolute Gasteiger partial charge is 0.126 e. The SMILES string of the molecule is COc1cccc2c(SCCO)nccc12. The van der Waals surface area contributed by atoms with E-state index in [2.05, 4.69) is 4.98 Å². The topological polar surface area (TPSA) is 42.4 Å². The second-order valence-electron chi connectivity index (χ2n) is 3.24. The molecule has 0 aliphatic carbocycles. The molecule has 4 heteroatoms. The first-order valence-corrected chi connectivity index (χ1v) is 6.00. The van der Waals surface area contributed by atoms with Crippen LogP contribution in [0.1, 0.15) is 0 Å². The molecule has 3 nitrogen and oxygen atoms in total. The Hall–Kier alpha value is -1.26. The molecule has 0 bridgehead atoms. The zero-order valence-corrected chi connectivity index (χ0v) is 9.83. The third-order valence-corrected chi connectivity index (χ3v) is 3.26. The molecule has 2 aromatic rings. The monoisotopic (exact) mass is 235 g/mol. The molecule has 0 aliphatic heterocycles. The van der Waals surface area contributed by atoms with Crippen LogP contribution in [0.4, 0.5) is 0 Å². The van der Waals surface area contributed by atoms with Gasteiger partial charge < -0.3 is 9.84 Å². The molecule has 0 unspecified atom stereocenters. The van der Waals surface area contributed by atoms with E-state index in [-0.39, 0.29) is 6.61 Å². The van der Waals surface area contributed by atoms with Crippen LogP contribution in [0.3, 0.4) is 0 Å². The number of fused-ring (bicyclic) bond motifs is 1. The Morgan fingerprint density at radius 1 is 1.31 bits per heavy atom. The van der Waals surface area contributed by atoms with Gasteiger partial charge >= 0.3 is 0 Å². The highest BCUT2D eigenvalue weighted by Crippen LogP contribution is 2.30. The Kier molecular flexibility index (Phi) is 3.64. The van der Waals surface area contributed by atoms with Gasteiger partial charge in [-0.3, -0.25) is 0 Å². The third-order valence-electron chi connectivity index (χ3n) is 2.28. The number of nitrogens with zero attached hydrogens (tertiary/aromatic N) is 1. The van der Waals surface area contributed by atoms with Gasteiger partial charge in [0.25, 0.3) is 0 Å². The molecule has 2 rings (SSSR count). The number of rotatable bonds is 4. The molecule has 0 spiro atoms. The Bertz CT molecular complexity index is 487. The summed E-state index contributed by atoms with van der Waals surface area (Å²) in [5.74, 6) is 1.51. The second-order valence-corrected chi connectivity index (χ2v) is 4.33. The van der Waals surface area contributed by atoms with Crippen LogP contribution >= 0.6 is 11.8 Å². The number of pyridine rings is 1. The number of aliphatic hydroxyl groups excluding tert-OH is 1. The van der Waals surface area contributed by atoms with Crippen LogP contribution in [0.15, 0.2) is 35.5 Å². The average Bonchev–Trinajstić information content (AvgIpc) is 2.35. The van der Waals surface area contributed by atoms with E-state index >= 15 is 0 Å². The summed E-state index contributed by atoms with van der Waals surface area (Å²) in [6.45, 7) is 0.159. The molecule has 16 heavy (non-hydrogen) atoms. The van der Waals surface area contributed by atoms with Gasteiger partial charge in [-0.05, 0) is 12.1 Å². The van der Waals surface area contributed by atoms with E-state index in [4.69, 9.17) is 9.84 Å². The van der Waals surface area contributed by atoms with Gasteiger partial charge in [0.05, 0.1) is 13.7 Å². The van der Waals surface area contributed by atoms with Crippen molar-refractivity contribution in [2.24, 2.45) is 0 Å². The maximum atomic E-state index is 8.83. The van der Waals surface area contributed by atoms with Crippen LogP contribution in [-0.4, -0.2) is 29.6 Å². The standard InChI is InChI=1S/C12H13NO2S/c1-15-11-4-2-3-10-9(11)5-6-13-12(10)16-8-7-14/h2-6,14H,7-8H2,1H3. The van der Waals surface area contributed by atoms with Gasteiger partial charge in [-0.15, -0.1) is 11.8 Å². The van der Waals surface area contributed by atoms with Crippen LogP contribution in [0.5, 0.6) is 5.75 Å². The normalized spacial score (nSPS) is 10.6. The van der Waals surface area contributed by atoms with E-state index in [9.17, 15) is 0 Å². The first-order chi connectivity index (χ1) is 7.86. The van der Waals surface area contributed by atoms with Gasteiger partial charge in [0.1, 0.15) is 10.8 Å². The lowest BCUT2D eigenvalue weighted by Crippen LogP contribution is -1.90. The van der Waals surface area contributed by atoms with Crippen LogP contribution in [0.25, 0.3) is 10.8 Å². The Morgan fingerprint density at radius 3 is 2.94 bits per heavy atom. The fourth-order valence-electron chi connectivity index (χ4n) is 1.59. The molecule has 1 heterocycles. The zero-order valence-electron chi connectivity index (χ0n) is 9.01. The van der Waals surface area contributed by atoms with Crippen molar-refractivity contribution in [3.05, 3.63) is 30.5 Å². The second kappa shape index (κ2) is 5.18. The summed E-state index contributed by atoms with van der Waals surface area (Å²) in [6.07, 6.45) is 1.77. The van der Waals surface area contributed by atoms with Crippen LogP contribution < -0.4 is 4.74 Å². The van der Waals surface area contributed by atoms with Crippen molar-refractivity contribution in [3.63, 3.8) is 0 Å². The number of hydrogen-bond donors (Lipinski definition) is 1. The molecule has 0 fully saturated rings. The van der Waals surface area contributed by atoms with Gasteiger partial charge in [0.2, 0.25) is 0 Å². The van der Waals surface area contributed by atoms with Crippen LogP contribution in [0, 0.1) is 0 Å². The van der Waals surface area contributed by atoms with E-state index in [0.29, 0.717) is 5.75 Å². The van der Waals surface area contributed by atoms with Gasteiger partial charge in [0, 0.05) is 22.7 Å². The molecule has 0 aliphatic rings. The molecular formula is C12H13NO2S. The number of aliphatic hydroxyl groups is 1. The van der Waals surface area contributed by atoms with Crippen molar-refractivity contribution >= 4 is 22.5 Å². The molecule has 1 aromatic carbocycles. The van der Waals surface area contributed by atoms with Gasteiger partial charge in [-0.2, -0.15) is 0 Å². The fourth-order valence-corrected chi connectivity index (χ4v) is 2.34. The van der Waals surface area contributed by atoms with E-state index in [1.807, 2.05) is 24.3 Å². The highest BCUT2D eigenvalue weighted by Gasteiger charge is 2.06. The summed E-state index contributed by atoms with van der Waals surface area (Å²) in [5, 5.41) is 11.9. The molecule has 84 valence electrons. The van der Waals surface area contributed by atoms with Crippen molar-refractivity contribution in [3.8, 4) is 5.75 Å². The molecule has 0 saturated carbocycles. The zero-order chi connectivity index (χ0) is 11.4. The lowest BCUT2D eigenvalue weighted by Gasteiger charge is -2.07. The number of aromatic nitrogens is 1. The summed E-state index contributed by atoms with van der Waals surface area (Å²) in [6, 6.07) is 7.84. The molecule has 1 aromatic heterocycles. The maximum Gasteiger partial charge on any atom is 0.126 e. The Balaban J connectivity index is 2.51. The van der Waals surface area contributed by atoms with Crippen molar-refractivity contribution in [2.45, 2.75) is 5.03 Å². The predicted octanol–water partition coefficient (Wildman–Crippen LogP) is 2.33. The summed E-state index contributed by atoms with van der Waals surface area (Å²) in [4.78, 5) is 4.32. The summed E-state index contributed by atoms with van der Waals surface area (Å²) in [5.41, 5.74) is 0. The van der Waals surface area contributed by atoms with Crippen molar-refractivity contribution in [1.29, 1.82) is 0 Å². The summed E-state index contributed by atoms with van der Waals surface area (Å²) >= 11 is 1.55. The Labute approximate surface area is 98.5 Å². The minimum atomic E-state index is 0.159. The molecule has 0 radical (unpaired) electrons. The number of methoxy groups -OCH3 is 1. The van der Waals surface area contributed by atoms with Crippen LogP contribution in [0.2, 0.25) is 0 Å². The predicted molar refractivity (Wildman–Crippen MR) is 66.1 cm³/mol. The third kappa shape index (κ3) is 2.13. The van der Waals surface area contributed by atoms with Crippen molar-refractivity contribution < 1.29 is 9.84 Å². The quantitative estimate of drug-likeness (QED) is 0.826. The first-order valence-electron chi connectivity index (χ1n) is 5.02. The Morgan fingerprint density at radius 2 is 2.19 bits per heavy atom. The minimum Gasteiger partial charge on any atom is -0.496 e. The number of ether oxygens (including phenoxy) is 1. The molecule has 0 amide bonds. The largest absolute Gasteiger partial charge is 0.496 e. The maximum absolute atomic E-state index is 8.83. The summed E-state index contributed by atoms with van der Waals surface area (Å²) < 4.78 is 5.30. The van der Waals surface area contributed by atoms with Gasteiger partial charge in [-0.1, -0.05) is 12.1 Å². The molecule has 1 N–H and O–H groups in total. The molecule has 0 saturated heterocycles. The first kappa shape index (κ1) is 11.2. The van der Waals surface area contributed by atoms with Crippen LogP contribution in [-0.2, 0) is 0 Å². The highest BCUT2D eigenvalue weighted by atomic mass is 32.2. The fraction of sp³-hybridized carbons (Fsp3) is 0.250. The average molecular weight is 235 g/mol. The van der Waals surface area contributed by atoms with E-state index in [1.54, 1.807) is 25.1 Å². The van der Waals surface area contributed by atoms with E-state index < -0.39 is 0 Å². The number of hydrogen-bond acceptors (Lipinski definition) is 4. The minimum absolute atomic E-state index is 0.159.